The molecule has 5 N–H and O–H groups in total. The fourth-order valence-corrected chi connectivity index (χ4v) is 1.73. The molecule has 0 aliphatic carbocycles. The number of imidazole rings is 1. The van der Waals surface area contributed by atoms with Crippen molar-refractivity contribution in [3.05, 3.63) is 48.0 Å². The minimum absolute atomic E-state index is 0.376. The van der Waals surface area contributed by atoms with Crippen molar-refractivity contribution in [1.29, 1.82) is 0 Å². The average Bonchev–Trinajstić information content (AvgIpc) is 2.91. The number of anilines is 1. The number of hydrogen-bond donors (Lipinski definition) is 4. The first-order valence-corrected chi connectivity index (χ1v) is 5.95. The lowest BCUT2D eigenvalue weighted by Gasteiger charge is -2.09. The third-order valence-corrected chi connectivity index (χ3v) is 2.73. The Labute approximate surface area is 110 Å². The van der Waals surface area contributed by atoms with Gasteiger partial charge in [-0.05, 0) is 24.1 Å². The van der Waals surface area contributed by atoms with E-state index in [1.807, 2.05) is 24.3 Å². The summed E-state index contributed by atoms with van der Waals surface area (Å²) >= 11 is 0. The van der Waals surface area contributed by atoms with Crippen molar-refractivity contribution >= 4 is 11.6 Å². The van der Waals surface area contributed by atoms with E-state index in [4.69, 9.17) is 5.73 Å². The Bertz CT molecular complexity index is 539. The van der Waals surface area contributed by atoms with Crippen LogP contribution in [-0.2, 0) is 11.2 Å². The van der Waals surface area contributed by atoms with Gasteiger partial charge in [-0.3, -0.25) is 4.79 Å². The molecule has 1 aromatic carbocycles. The summed E-state index contributed by atoms with van der Waals surface area (Å²) in [6.45, 7) is 0.438. The highest BCUT2D eigenvalue weighted by molar-refractivity contribution is 5.81. The molecule has 100 valence electrons. The number of aromatic nitrogens is 2. The quantitative estimate of drug-likeness (QED) is 0.583. The zero-order chi connectivity index (χ0) is 13.7. The maximum Gasteiger partial charge on any atom is 0.255 e. The van der Waals surface area contributed by atoms with E-state index >= 15 is 0 Å². The van der Waals surface area contributed by atoms with E-state index in [0.29, 0.717) is 24.3 Å². The molecule has 2 aromatic rings. The first kappa shape index (κ1) is 13.1. The first-order chi connectivity index (χ1) is 9.16. The minimum Gasteiger partial charge on any atom is -0.399 e. The highest BCUT2D eigenvalue weighted by atomic mass is 16.3. The molecule has 1 amide bonds. The fraction of sp³-hybridized carbons (Fsp3) is 0.231. The number of nitrogens with two attached hydrogens (primary N) is 1. The van der Waals surface area contributed by atoms with Gasteiger partial charge in [0.05, 0.1) is 18.2 Å². The van der Waals surface area contributed by atoms with Gasteiger partial charge in [0.2, 0.25) is 0 Å². The molecule has 1 aromatic heterocycles. The summed E-state index contributed by atoms with van der Waals surface area (Å²) in [5.41, 5.74) is 7.77. The lowest BCUT2D eigenvalue weighted by atomic mass is 10.1. The Hall–Kier alpha value is -2.34. The second-order valence-corrected chi connectivity index (χ2v) is 4.20. The molecule has 0 aliphatic heterocycles. The number of amides is 1. The molecular weight excluding hydrogens is 244 g/mol. The zero-order valence-corrected chi connectivity index (χ0v) is 10.3. The Morgan fingerprint density at radius 2 is 2.37 bits per heavy atom. The molecule has 0 saturated carbocycles. The molecular formula is C13H16N4O2. The van der Waals surface area contributed by atoms with Crippen LogP contribution in [0.1, 0.15) is 17.4 Å². The largest absolute Gasteiger partial charge is 0.399 e. The van der Waals surface area contributed by atoms with Crippen LogP contribution in [0.25, 0.3) is 0 Å². The number of benzene rings is 1. The van der Waals surface area contributed by atoms with Crippen molar-refractivity contribution in [2.75, 3.05) is 12.3 Å². The number of carbonyl (C=O) groups excluding carboxylic acids is 1. The van der Waals surface area contributed by atoms with Crippen LogP contribution in [0.5, 0.6) is 0 Å². The average molecular weight is 260 g/mol. The van der Waals surface area contributed by atoms with Crippen LogP contribution in [0.3, 0.4) is 0 Å². The summed E-state index contributed by atoms with van der Waals surface area (Å²) in [5, 5.41) is 12.4. The predicted octanol–water partition coefficient (Wildman–Crippen LogP) is 0.384. The van der Waals surface area contributed by atoms with Crippen LogP contribution in [0, 0.1) is 0 Å². The van der Waals surface area contributed by atoms with Crippen molar-refractivity contribution in [3.63, 3.8) is 0 Å². The standard InChI is InChI=1S/C13H16N4O2/c14-10-3-1-2-9(6-10)4-5-16-13(19)12(18)11-7-15-8-17-11/h1-3,6-8,12,18H,4-5,14H2,(H,15,17)(H,16,19). The second-order valence-electron chi connectivity index (χ2n) is 4.20. The van der Waals surface area contributed by atoms with E-state index < -0.39 is 12.0 Å². The van der Waals surface area contributed by atoms with Gasteiger partial charge < -0.3 is 21.1 Å². The zero-order valence-electron chi connectivity index (χ0n) is 10.3. The molecule has 0 bridgehead atoms. The van der Waals surface area contributed by atoms with Gasteiger partial charge >= 0.3 is 0 Å². The molecule has 1 heterocycles. The van der Waals surface area contributed by atoms with Crippen LogP contribution >= 0.6 is 0 Å². The summed E-state index contributed by atoms with van der Waals surface area (Å²) in [6, 6.07) is 7.47. The van der Waals surface area contributed by atoms with Crippen molar-refractivity contribution in [2.45, 2.75) is 12.5 Å². The number of H-pyrrole nitrogens is 1. The van der Waals surface area contributed by atoms with Gasteiger partial charge in [0.1, 0.15) is 0 Å². The van der Waals surface area contributed by atoms with E-state index in [2.05, 4.69) is 15.3 Å². The number of aliphatic hydroxyl groups is 1. The van der Waals surface area contributed by atoms with Crippen LogP contribution < -0.4 is 11.1 Å². The number of nitrogens with zero attached hydrogens (tertiary/aromatic N) is 1. The fourth-order valence-electron chi connectivity index (χ4n) is 1.73. The summed E-state index contributed by atoms with van der Waals surface area (Å²) in [7, 11) is 0. The lowest BCUT2D eigenvalue weighted by molar-refractivity contribution is -0.129. The third-order valence-electron chi connectivity index (χ3n) is 2.73. The number of nitrogens with one attached hydrogen (secondary N) is 2. The van der Waals surface area contributed by atoms with Gasteiger partial charge in [-0.15, -0.1) is 0 Å². The van der Waals surface area contributed by atoms with Crippen molar-refractivity contribution < 1.29 is 9.90 Å². The SMILES string of the molecule is Nc1cccc(CCNC(=O)C(O)c2cnc[nH]2)c1. The van der Waals surface area contributed by atoms with Crippen LogP contribution in [-0.4, -0.2) is 27.5 Å². The van der Waals surface area contributed by atoms with Gasteiger partial charge in [0.15, 0.2) is 6.10 Å². The molecule has 2 rings (SSSR count). The summed E-state index contributed by atoms with van der Waals surface area (Å²) in [4.78, 5) is 18.1. The number of aliphatic hydroxyl groups excluding tert-OH is 1. The van der Waals surface area contributed by atoms with Gasteiger partial charge in [-0.1, -0.05) is 12.1 Å². The Morgan fingerprint density at radius 1 is 1.53 bits per heavy atom. The molecule has 0 saturated heterocycles. The number of rotatable bonds is 5. The van der Waals surface area contributed by atoms with Gasteiger partial charge in [0.25, 0.3) is 5.91 Å². The first-order valence-electron chi connectivity index (χ1n) is 5.95. The highest BCUT2D eigenvalue weighted by Gasteiger charge is 2.17. The topological polar surface area (TPSA) is 104 Å². The van der Waals surface area contributed by atoms with E-state index in [1.165, 1.54) is 12.5 Å². The van der Waals surface area contributed by atoms with Gasteiger partial charge in [-0.25, -0.2) is 4.98 Å². The highest BCUT2D eigenvalue weighted by Crippen LogP contribution is 2.09. The normalized spacial score (nSPS) is 12.1. The van der Waals surface area contributed by atoms with Crippen molar-refractivity contribution in [1.82, 2.24) is 15.3 Å². The van der Waals surface area contributed by atoms with Crippen LogP contribution in [0.15, 0.2) is 36.8 Å². The molecule has 6 nitrogen and oxygen atoms in total. The smallest absolute Gasteiger partial charge is 0.255 e. The Balaban J connectivity index is 1.81. The number of nitrogen functional groups attached to an aromatic ring is 1. The van der Waals surface area contributed by atoms with E-state index in [1.54, 1.807) is 0 Å². The summed E-state index contributed by atoms with van der Waals surface area (Å²) in [6.07, 6.45) is 2.27. The van der Waals surface area contributed by atoms with Gasteiger partial charge in [-0.2, -0.15) is 0 Å². The summed E-state index contributed by atoms with van der Waals surface area (Å²) in [5.74, 6) is -0.451. The molecule has 1 unspecified atom stereocenters. The molecule has 19 heavy (non-hydrogen) atoms. The monoisotopic (exact) mass is 260 g/mol. The van der Waals surface area contributed by atoms with E-state index in [-0.39, 0.29) is 0 Å². The second kappa shape index (κ2) is 6.01. The summed E-state index contributed by atoms with van der Waals surface area (Å²) < 4.78 is 0. The van der Waals surface area contributed by atoms with Crippen molar-refractivity contribution in [2.24, 2.45) is 0 Å². The van der Waals surface area contributed by atoms with Crippen molar-refractivity contribution in [3.8, 4) is 0 Å². The third kappa shape index (κ3) is 3.56. The lowest BCUT2D eigenvalue weighted by Crippen LogP contribution is -2.31. The molecule has 0 aliphatic rings. The van der Waals surface area contributed by atoms with Gasteiger partial charge in [0, 0.05) is 12.2 Å². The number of hydrogen-bond acceptors (Lipinski definition) is 4. The minimum atomic E-state index is -1.22. The van der Waals surface area contributed by atoms with E-state index in [9.17, 15) is 9.90 Å². The Morgan fingerprint density at radius 3 is 3.05 bits per heavy atom. The molecule has 0 spiro atoms. The Kier molecular flexibility index (Phi) is 4.15. The molecule has 6 heteroatoms. The van der Waals surface area contributed by atoms with Crippen LogP contribution in [0.4, 0.5) is 5.69 Å². The maximum atomic E-state index is 11.7. The number of aromatic amines is 1. The maximum absolute atomic E-state index is 11.7. The molecule has 0 fully saturated rings. The predicted molar refractivity (Wildman–Crippen MR) is 71.1 cm³/mol. The number of carbonyl (C=O) groups is 1. The molecule has 1 atom stereocenters. The molecule has 0 radical (unpaired) electrons. The van der Waals surface area contributed by atoms with E-state index in [0.717, 1.165) is 5.56 Å². The van der Waals surface area contributed by atoms with Crippen LogP contribution in [0.2, 0.25) is 0 Å².